The first-order valence-corrected chi connectivity index (χ1v) is 12.1. The smallest absolute Gasteiger partial charge is 0.251 e. The van der Waals surface area contributed by atoms with Crippen LogP contribution in [0.3, 0.4) is 0 Å². The van der Waals surface area contributed by atoms with Crippen LogP contribution in [0.2, 0.25) is 0 Å². The molecule has 2 aliphatic heterocycles. The Morgan fingerprint density at radius 3 is 2.43 bits per heavy atom. The van der Waals surface area contributed by atoms with Crippen LogP contribution in [0.4, 0.5) is 0 Å². The van der Waals surface area contributed by atoms with Crippen LogP contribution in [-0.4, -0.2) is 62.3 Å². The van der Waals surface area contributed by atoms with E-state index >= 15 is 0 Å². The van der Waals surface area contributed by atoms with Crippen molar-refractivity contribution in [2.24, 2.45) is 0 Å². The molecule has 2 aliphatic rings. The highest BCUT2D eigenvalue weighted by Crippen LogP contribution is 2.21. The lowest BCUT2D eigenvalue weighted by Crippen LogP contribution is -2.40. The number of piperidine rings is 1. The van der Waals surface area contributed by atoms with Gasteiger partial charge in [-0.3, -0.25) is 4.79 Å². The lowest BCUT2D eigenvalue weighted by atomic mass is 10.00. The van der Waals surface area contributed by atoms with Gasteiger partial charge in [0.1, 0.15) is 0 Å². The van der Waals surface area contributed by atoms with Gasteiger partial charge < -0.3 is 10.2 Å². The molecular weight excluding hydrogens is 374 g/mol. The molecule has 0 spiro atoms. The number of sulfonamides is 1. The van der Waals surface area contributed by atoms with E-state index in [1.807, 2.05) is 0 Å². The molecule has 1 amide bonds. The Morgan fingerprint density at radius 1 is 1.07 bits per heavy atom. The van der Waals surface area contributed by atoms with E-state index in [4.69, 9.17) is 0 Å². The number of hydrogen-bond donors (Lipinski definition) is 1. The first kappa shape index (κ1) is 21.3. The summed E-state index contributed by atoms with van der Waals surface area (Å²) in [6, 6.07) is 6.99. The van der Waals surface area contributed by atoms with Gasteiger partial charge in [0.05, 0.1) is 4.90 Å². The van der Waals surface area contributed by atoms with E-state index < -0.39 is 10.0 Å². The summed E-state index contributed by atoms with van der Waals surface area (Å²) in [6.07, 6.45) is 7.84. The van der Waals surface area contributed by atoms with Gasteiger partial charge >= 0.3 is 0 Å². The van der Waals surface area contributed by atoms with E-state index in [-0.39, 0.29) is 10.8 Å². The molecule has 0 bridgehead atoms. The molecule has 156 valence electrons. The molecule has 1 atom stereocenters. The normalized spacial score (nSPS) is 21.7. The molecule has 0 radical (unpaired) electrons. The van der Waals surface area contributed by atoms with Crippen molar-refractivity contribution >= 4 is 15.9 Å². The highest BCUT2D eigenvalue weighted by Gasteiger charge is 2.27. The zero-order valence-electron chi connectivity index (χ0n) is 16.9. The second-order valence-electron chi connectivity index (χ2n) is 7.84. The quantitative estimate of drug-likeness (QED) is 0.673. The molecular formula is C21H33N3O3S. The predicted octanol–water partition coefficient (Wildman–Crippen LogP) is 2.86. The van der Waals surface area contributed by atoms with Crippen molar-refractivity contribution in [3.05, 3.63) is 29.8 Å². The average Bonchev–Trinajstić information content (AvgIpc) is 3.27. The molecule has 0 unspecified atom stereocenters. The van der Waals surface area contributed by atoms with Gasteiger partial charge in [0.25, 0.3) is 5.91 Å². The Balaban J connectivity index is 1.47. The third kappa shape index (κ3) is 5.13. The van der Waals surface area contributed by atoms with Crippen molar-refractivity contribution in [1.82, 2.24) is 14.5 Å². The molecule has 0 aliphatic carbocycles. The molecule has 1 N–H and O–H groups in total. The SMILES string of the molecule is CC[C@H]1CCCCN1CCCNC(=O)c1ccc(S(=O)(=O)N2CCCC2)cc1. The molecule has 0 saturated carbocycles. The second-order valence-corrected chi connectivity index (χ2v) is 9.78. The summed E-state index contributed by atoms with van der Waals surface area (Å²) < 4.78 is 26.6. The number of nitrogens with zero attached hydrogens (tertiary/aromatic N) is 2. The molecule has 2 heterocycles. The Bertz CT molecular complexity index is 743. The van der Waals surface area contributed by atoms with Crippen LogP contribution < -0.4 is 5.32 Å². The predicted molar refractivity (Wildman–Crippen MR) is 111 cm³/mol. The molecule has 0 aromatic heterocycles. The number of likely N-dealkylation sites (tertiary alicyclic amines) is 1. The van der Waals surface area contributed by atoms with E-state index in [1.54, 1.807) is 24.3 Å². The number of rotatable bonds is 8. The van der Waals surface area contributed by atoms with Gasteiger partial charge in [0.15, 0.2) is 0 Å². The van der Waals surface area contributed by atoms with Crippen LogP contribution >= 0.6 is 0 Å². The molecule has 28 heavy (non-hydrogen) atoms. The summed E-state index contributed by atoms with van der Waals surface area (Å²) in [6.45, 7) is 6.24. The first-order chi connectivity index (χ1) is 13.5. The molecule has 1 aromatic carbocycles. The number of hydrogen-bond acceptors (Lipinski definition) is 4. The standard InChI is InChI=1S/C21H33N3O3S/c1-2-19-8-3-4-14-23(19)15-7-13-22-21(25)18-9-11-20(12-10-18)28(26,27)24-16-5-6-17-24/h9-12,19H,2-8,13-17H2,1H3,(H,22,25)/t19-/m0/s1. The van der Waals surface area contributed by atoms with Gasteiger partial charge in [-0.25, -0.2) is 8.42 Å². The number of nitrogens with one attached hydrogen (secondary N) is 1. The van der Waals surface area contributed by atoms with Crippen molar-refractivity contribution < 1.29 is 13.2 Å². The maximum Gasteiger partial charge on any atom is 0.251 e. The number of amides is 1. The monoisotopic (exact) mass is 407 g/mol. The van der Waals surface area contributed by atoms with E-state index in [2.05, 4.69) is 17.1 Å². The van der Waals surface area contributed by atoms with Gasteiger partial charge in [-0.15, -0.1) is 0 Å². The minimum absolute atomic E-state index is 0.143. The number of benzene rings is 1. The van der Waals surface area contributed by atoms with Gasteiger partial charge in [0.2, 0.25) is 10.0 Å². The summed E-state index contributed by atoms with van der Waals surface area (Å²) in [5, 5.41) is 2.96. The van der Waals surface area contributed by atoms with E-state index in [9.17, 15) is 13.2 Å². The lowest BCUT2D eigenvalue weighted by Gasteiger charge is -2.35. The summed E-state index contributed by atoms with van der Waals surface area (Å²) in [5.41, 5.74) is 0.504. The Kier molecular flexibility index (Phi) is 7.48. The van der Waals surface area contributed by atoms with Crippen molar-refractivity contribution in [3.8, 4) is 0 Å². The van der Waals surface area contributed by atoms with Crippen molar-refractivity contribution in [2.75, 3.05) is 32.7 Å². The van der Waals surface area contributed by atoms with Crippen LogP contribution in [-0.2, 0) is 10.0 Å². The molecule has 7 heteroatoms. The Labute approximate surface area is 169 Å². The van der Waals surface area contributed by atoms with Gasteiger partial charge in [-0.2, -0.15) is 4.31 Å². The average molecular weight is 408 g/mol. The fourth-order valence-corrected chi connectivity index (χ4v) is 5.78. The molecule has 1 aromatic rings. The largest absolute Gasteiger partial charge is 0.352 e. The molecule has 3 rings (SSSR count). The highest BCUT2D eigenvalue weighted by molar-refractivity contribution is 7.89. The summed E-state index contributed by atoms with van der Waals surface area (Å²) in [7, 11) is -3.43. The van der Waals surface area contributed by atoms with E-state index in [0.717, 1.165) is 25.8 Å². The third-order valence-corrected chi connectivity index (χ3v) is 7.86. The number of carbonyl (C=O) groups excluding carboxylic acids is 1. The minimum atomic E-state index is -3.43. The fraction of sp³-hybridized carbons (Fsp3) is 0.667. The second kappa shape index (κ2) is 9.85. The van der Waals surface area contributed by atoms with Crippen LogP contribution in [0, 0.1) is 0 Å². The third-order valence-electron chi connectivity index (χ3n) is 5.95. The Morgan fingerprint density at radius 2 is 1.75 bits per heavy atom. The van der Waals surface area contributed by atoms with Crippen LogP contribution in [0.5, 0.6) is 0 Å². The van der Waals surface area contributed by atoms with Gasteiger partial charge in [0, 0.05) is 37.8 Å². The lowest BCUT2D eigenvalue weighted by molar-refractivity contribution is 0.0947. The summed E-state index contributed by atoms with van der Waals surface area (Å²) in [4.78, 5) is 15.2. The number of carbonyl (C=O) groups is 1. The topological polar surface area (TPSA) is 69.7 Å². The van der Waals surface area contributed by atoms with Crippen LogP contribution in [0.25, 0.3) is 0 Å². The zero-order chi connectivity index (χ0) is 20.0. The van der Waals surface area contributed by atoms with Gasteiger partial charge in [-0.1, -0.05) is 13.3 Å². The fourth-order valence-electron chi connectivity index (χ4n) is 4.26. The molecule has 2 saturated heterocycles. The molecule has 6 nitrogen and oxygen atoms in total. The summed E-state index contributed by atoms with van der Waals surface area (Å²) >= 11 is 0. The zero-order valence-corrected chi connectivity index (χ0v) is 17.7. The van der Waals surface area contributed by atoms with Crippen molar-refractivity contribution in [3.63, 3.8) is 0 Å². The van der Waals surface area contributed by atoms with E-state index in [0.29, 0.717) is 31.2 Å². The first-order valence-electron chi connectivity index (χ1n) is 10.6. The van der Waals surface area contributed by atoms with Crippen LogP contribution in [0.1, 0.15) is 62.2 Å². The minimum Gasteiger partial charge on any atom is -0.352 e. The Hall–Kier alpha value is -1.44. The van der Waals surface area contributed by atoms with E-state index in [1.165, 1.54) is 36.5 Å². The van der Waals surface area contributed by atoms with Crippen LogP contribution in [0.15, 0.2) is 29.2 Å². The van der Waals surface area contributed by atoms with Crippen molar-refractivity contribution in [2.45, 2.75) is 62.8 Å². The maximum atomic E-state index is 12.5. The molecule has 2 fully saturated rings. The highest BCUT2D eigenvalue weighted by atomic mass is 32.2. The van der Waals surface area contributed by atoms with Crippen molar-refractivity contribution in [1.29, 1.82) is 0 Å². The maximum absolute atomic E-state index is 12.5. The summed E-state index contributed by atoms with van der Waals surface area (Å²) in [5.74, 6) is -0.143. The van der Waals surface area contributed by atoms with Gasteiger partial charge in [-0.05, 0) is 69.3 Å².